The van der Waals surface area contributed by atoms with Crippen molar-refractivity contribution in [3.63, 3.8) is 0 Å². The molecule has 0 amide bonds. The van der Waals surface area contributed by atoms with E-state index in [-0.39, 0.29) is 0 Å². The van der Waals surface area contributed by atoms with Crippen molar-refractivity contribution in [1.29, 1.82) is 0 Å². The Morgan fingerprint density at radius 2 is 1.11 bits per heavy atom. The first-order chi connectivity index (χ1) is 12.1. The fraction of sp³-hybridized carbons (Fsp3) is 0.778. The van der Waals surface area contributed by atoms with E-state index < -0.39 is 36.9 Å². The molecule has 0 radical (unpaired) electrons. The first-order valence-electron chi connectivity index (χ1n) is 9.43. The van der Waals surface area contributed by atoms with Gasteiger partial charge in [-0.25, -0.2) is 0 Å². The predicted octanol–water partition coefficient (Wildman–Crippen LogP) is 4.07. The third-order valence-corrected chi connectivity index (χ3v) is 6.98. The first kappa shape index (κ1) is 21.1. The molecule has 2 saturated heterocycles. The summed E-state index contributed by atoms with van der Waals surface area (Å²) < 4.78 is 24.7. The van der Waals surface area contributed by atoms with E-state index in [1.165, 1.54) is 0 Å². The van der Waals surface area contributed by atoms with Crippen molar-refractivity contribution in [1.82, 2.24) is 9.62 Å². The molecule has 0 spiro atoms. The van der Waals surface area contributed by atoms with E-state index in [1.807, 2.05) is 85.1 Å². The molecule has 9 heteroatoms. The van der Waals surface area contributed by atoms with Crippen LogP contribution in [0.3, 0.4) is 0 Å². The van der Waals surface area contributed by atoms with Gasteiger partial charge in [0.05, 0.1) is 22.4 Å². The molecule has 3 aliphatic rings. The van der Waals surface area contributed by atoms with E-state index in [9.17, 15) is 0 Å². The first-order valence-corrected chi connectivity index (χ1v) is 9.81. The van der Waals surface area contributed by atoms with Crippen LogP contribution in [-0.2, 0) is 18.6 Å². The third-order valence-electron chi connectivity index (χ3n) is 6.52. The van der Waals surface area contributed by atoms with Crippen LogP contribution >= 0.6 is 11.6 Å². The summed E-state index contributed by atoms with van der Waals surface area (Å²) in [4.78, 5) is 3.80. The number of hydrogen-bond acceptors (Lipinski definition) is 6. The van der Waals surface area contributed by atoms with Gasteiger partial charge in [0.1, 0.15) is 5.16 Å². The summed E-state index contributed by atoms with van der Waals surface area (Å²) in [6.45, 7) is 20.1. The Morgan fingerprint density at radius 1 is 0.741 bits per heavy atom. The van der Waals surface area contributed by atoms with Crippen molar-refractivity contribution in [3.8, 4) is 0 Å². The number of hydrogen-bond donors (Lipinski definition) is 0. The van der Waals surface area contributed by atoms with Gasteiger partial charge in [-0.1, -0.05) is 11.6 Å². The third kappa shape index (κ3) is 3.23. The Kier molecular flexibility index (Phi) is 4.81. The van der Waals surface area contributed by atoms with E-state index in [4.69, 9.17) is 30.2 Å². The van der Waals surface area contributed by atoms with Crippen molar-refractivity contribution in [3.05, 3.63) is 22.8 Å². The van der Waals surface area contributed by atoms with Gasteiger partial charge in [-0.15, -0.1) is 0 Å². The molecule has 0 atom stereocenters. The molecule has 2 fully saturated rings. The van der Waals surface area contributed by atoms with Crippen LogP contribution in [0, 0.1) is 0 Å². The zero-order valence-corrected chi connectivity index (χ0v) is 18.9. The Balaban J connectivity index is 1.87. The molecule has 0 aromatic carbocycles. The summed E-state index contributed by atoms with van der Waals surface area (Å²) in [5.41, 5.74) is -0.0174. The predicted molar refractivity (Wildman–Crippen MR) is 108 cm³/mol. The molecule has 0 saturated carbocycles. The fourth-order valence-electron chi connectivity index (χ4n) is 3.12. The Hall–Kier alpha value is -0.660. The van der Waals surface area contributed by atoms with Crippen molar-refractivity contribution in [2.75, 3.05) is 0 Å². The lowest BCUT2D eigenvalue weighted by Gasteiger charge is -2.37. The quantitative estimate of drug-likeness (QED) is 0.518. The second-order valence-corrected chi connectivity index (χ2v) is 9.91. The SMILES string of the molecule is CC1=CN(B2OC(C)(C)C(C)(C)O2)C(C)=C(Cl)N1B1OC(C)(C)C(C)(C)O1. The minimum atomic E-state index is -0.589. The summed E-state index contributed by atoms with van der Waals surface area (Å²) in [6, 6.07) is 0. The number of allylic oxidation sites excluding steroid dienone is 2. The lowest BCUT2D eigenvalue weighted by atomic mass is 9.90. The topological polar surface area (TPSA) is 43.4 Å². The van der Waals surface area contributed by atoms with Gasteiger partial charge in [0.2, 0.25) is 0 Å². The lowest BCUT2D eigenvalue weighted by Crippen LogP contribution is -2.46. The molecule has 0 bridgehead atoms. The largest absolute Gasteiger partial charge is 0.599 e. The van der Waals surface area contributed by atoms with E-state index >= 15 is 0 Å². The highest BCUT2D eigenvalue weighted by Gasteiger charge is 2.57. The average Bonchev–Trinajstić information content (AvgIpc) is 2.82. The van der Waals surface area contributed by atoms with E-state index in [0.717, 1.165) is 11.4 Å². The summed E-state index contributed by atoms with van der Waals surface area (Å²) in [5, 5.41) is 0.531. The molecule has 0 aromatic rings. The van der Waals surface area contributed by atoms with Gasteiger partial charge in [-0.2, -0.15) is 0 Å². The molecule has 3 aliphatic heterocycles. The van der Waals surface area contributed by atoms with Crippen LogP contribution in [0.25, 0.3) is 0 Å². The molecule has 150 valence electrons. The Bertz CT molecular complexity index is 673. The summed E-state index contributed by atoms with van der Waals surface area (Å²) in [6.07, 6.45) is 1.97. The van der Waals surface area contributed by atoms with Crippen LogP contribution in [0.4, 0.5) is 0 Å². The smallest absolute Gasteiger partial charge is 0.384 e. The van der Waals surface area contributed by atoms with Crippen LogP contribution in [-0.4, -0.2) is 46.5 Å². The second kappa shape index (κ2) is 6.17. The average molecular weight is 397 g/mol. The minimum absolute atomic E-state index is 0.422. The molecule has 3 rings (SSSR count). The molecule has 0 unspecified atom stereocenters. The summed E-state index contributed by atoms with van der Waals surface area (Å²) >= 11 is 6.76. The molecule has 3 heterocycles. The monoisotopic (exact) mass is 396 g/mol. The van der Waals surface area contributed by atoms with Crippen molar-refractivity contribution < 1.29 is 18.6 Å². The molecule has 0 aliphatic carbocycles. The molecular weight excluding hydrogens is 365 g/mol. The summed E-state index contributed by atoms with van der Waals surface area (Å²) in [7, 11) is -1.13. The fourth-order valence-corrected chi connectivity index (χ4v) is 3.43. The van der Waals surface area contributed by atoms with Crippen molar-refractivity contribution >= 4 is 26.1 Å². The van der Waals surface area contributed by atoms with Gasteiger partial charge >= 0.3 is 14.5 Å². The van der Waals surface area contributed by atoms with E-state index in [2.05, 4.69) is 0 Å². The van der Waals surface area contributed by atoms with Crippen LogP contribution in [0.15, 0.2) is 22.8 Å². The van der Waals surface area contributed by atoms with Crippen molar-refractivity contribution in [2.24, 2.45) is 0 Å². The highest BCUT2D eigenvalue weighted by molar-refractivity contribution is 6.48. The molecule has 6 nitrogen and oxygen atoms in total. The zero-order valence-electron chi connectivity index (χ0n) is 18.1. The van der Waals surface area contributed by atoms with Gasteiger partial charge < -0.3 is 28.2 Å². The normalized spacial score (nSPS) is 28.9. The van der Waals surface area contributed by atoms with E-state index in [0.29, 0.717) is 5.16 Å². The van der Waals surface area contributed by atoms with Crippen LogP contribution < -0.4 is 0 Å². The highest BCUT2D eigenvalue weighted by Crippen LogP contribution is 2.43. The number of halogens is 1. The van der Waals surface area contributed by atoms with Gasteiger partial charge in [0.25, 0.3) is 0 Å². The van der Waals surface area contributed by atoms with Gasteiger partial charge in [-0.3, -0.25) is 0 Å². The van der Waals surface area contributed by atoms with Gasteiger partial charge in [0.15, 0.2) is 0 Å². The Labute approximate surface area is 169 Å². The van der Waals surface area contributed by atoms with Crippen LogP contribution in [0.5, 0.6) is 0 Å². The maximum absolute atomic E-state index is 6.76. The van der Waals surface area contributed by atoms with Crippen LogP contribution in [0.1, 0.15) is 69.2 Å². The van der Waals surface area contributed by atoms with Crippen LogP contribution in [0.2, 0.25) is 0 Å². The van der Waals surface area contributed by atoms with Crippen molar-refractivity contribution in [2.45, 2.75) is 91.6 Å². The molecule has 27 heavy (non-hydrogen) atoms. The second-order valence-electron chi connectivity index (χ2n) is 9.55. The maximum atomic E-state index is 6.76. The minimum Gasteiger partial charge on any atom is -0.384 e. The molecular formula is C18H31B2ClN2O4. The van der Waals surface area contributed by atoms with Gasteiger partial charge in [-0.05, 0) is 69.2 Å². The Morgan fingerprint density at radius 3 is 1.52 bits per heavy atom. The lowest BCUT2D eigenvalue weighted by molar-refractivity contribution is 0.00578. The number of rotatable bonds is 2. The van der Waals surface area contributed by atoms with Gasteiger partial charge in [0, 0.05) is 17.6 Å². The highest BCUT2D eigenvalue weighted by atomic mass is 35.5. The molecule has 0 N–H and O–H groups in total. The van der Waals surface area contributed by atoms with E-state index in [1.54, 1.807) is 0 Å². The maximum Gasteiger partial charge on any atom is 0.599 e. The zero-order chi connectivity index (χ0) is 20.6. The molecule has 0 aromatic heterocycles. The number of nitrogens with zero attached hydrogens (tertiary/aromatic N) is 2. The summed E-state index contributed by atoms with van der Waals surface area (Å²) in [5.74, 6) is 0. The standard InChI is InChI=1S/C18H31B2ClN2O4/c1-12-11-22(19-24-15(3,4)16(5,6)25-19)13(2)14(21)23(12)20-26-17(7,8)18(9,10)27-20/h11H,1-10H3.